The zero-order valence-electron chi connectivity index (χ0n) is 12.1. The normalized spacial score (nSPS) is 25.6. The summed E-state index contributed by atoms with van der Waals surface area (Å²) in [6, 6.07) is 0. The number of hydrogen-bond donors (Lipinski definition) is 0. The fourth-order valence-electron chi connectivity index (χ4n) is 0.468. The molecule has 1 atom stereocenters. The predicted octanol–water partition coefficient (Wildman–Crippen LogP) is 8.48. The molecule has 1 heterocycles. The monoisotopic (exact) mass is 575 g/mol. The van der Waals surface area contributed by atoms with E-state index in [0.29, 0.717) is 0 Å². The third kappa shape index (κ3) is 17.9. The molecule has 1 aliphatic rings. The summed E-state index contributed by atoms with van der Waals surface area (Å²) in [6.07, 6.45) is 0. The van der Waals surface area contributed by atoms with E-state index in [2.05, 4.69) is 29.6 Å². The van der Waals surface area contributed by atoms with Crippen LogP contribution in [0, 0.1) is 0 Å². The van der Waals surface area contributed by atoms with Crippen molar-refractivity contribution >= 4 is 62.8 Å². The molecule has 0 fully saturated rings. The Bertz CT molecular complexity index is 366. The van der Waals surface area contributed by atoms with Crippen molar-refractivity contribution in [2.24, 2.45) is 13.5 Å². The summed E-state index contributed by atoms with van der Waals surface area (Å²) in [6.45, 7) is 0. The maximum atomic E-state index is 12.3. The molecule has 20 heavy (non-hydrogen) atoms. The van der Waals surface area contributed by atoms with E-state index < -0.39 is 62.8 Å². The van der Waals surface area contributed by atoms with Crippen LogP contribution in [0.4, 0.5) is 21.0 Å². The van der Waals surface area contributed by atoms with Crippen LogP contribution in [-0.4, -0.2) is 39.5 Å². The average Bonchev–Trinajstić information content (AvgIpc) is 1.88. The molecule has 0 saturated heterocycles. The molecule has 1 unspecified atom stereocenters. The van der Waals surface area contributed by atoms with Crippen LogP contribution >= 0.6 is 23.3 Å². The Labute approximate surface area is 132 Å². The van der Waals surface area contributed by atoms with Crippen molar-refractivity contribution < 1.29 is 21.0 Å². The maximum Gasteiger partial charge on any atom is 0.422 e. The number of halogens is 5. The molecule has 0 aromatic carbocycles. The summed E-state index contributed by atoms with van der Waals surface area (Å²) in [5.41, 5.74) is 6.28. The molecule has 1 aliphatic heterocycles. The summed E-state index contributed by atoms with van der Waals surface area (Å²) in [5, 5.41) is 0. The summed E-state index contributed by atoms with van der Waals surface area (Å²) in [4.78, 5) is 14.2. The van der Waals surface area contributed by atoms with Crippen LogP contribution < -0.4 is 0 Å². The van der Waals surface area contributed by atoms with E-state index >= 15 is 0 Å². The summed E-state index contributed by atoms with van der Waals surface area (Å²) >= 11 is -1.09. The Morgan fingerprint density at radius 1 is 0.800 bits per heavy atom. The molecule has 1 radical (unpaired) electrons. The van der Waals surface area contributed by atoms with Crippen LogP contribution in [0.25, 0.3) is 5.50 Å². The first-order valence-electron chi connectivity index (χ1n) is 5.27. The van der Waals surface area contributed by atoms with E-state index in [1.807, 2.05) is 9.03 Å². The van der Waals surface area contributed by atoms with Gasteiger partial charge in [-0.05, 0) is 0 Å². The number of rotatable bonds is 0. The maximum absolute atomic E-state index is 12.3. The van der Waals surface area contributed by atoms with E-state index in [9.17, 15) is 21.0 Å². The number of nitrogens with one attached hydrogen (secondary N) is 1. The Morgan fingerprint density at radius 3 is 1.25 bits per heavy atom. The molecule has 1 N–H and O–H groups in total. The largest absolute Gasteiger partial charge is 0.589 e. The molecular weight excluding hydrogens is 553 g/mol. The average molecular weight is 573 g/mol. The molecular formula is C6H19F5N4P3Sn2. The summed E-state index contributed by atoms with van der Waals surface area (Å²) in [7, 11) is -16.3. The van der Waals surface area contributed by atoms with Gasteiger partial charge in [-0.15, -0.1) is 21.3 Å². The van der Waals surface area contributed by atoms with Gasteiger partial charge in [-0.25, -0.2) is 4.20 Å². The molecule has 121 valence electrons. The van der Waals surface area contributed by atoms with Gasteiger partial charge in [-0.3, -0.25) is 0 Å². The van der Waals surface area contributed by atoms with E-state index in [4.69, 9.17) is 5.50 Å². The van der Waals surface area contributed by atoms with Crippen molar-refractivity contribution in [3.8, 4) is 0 Å². The van der Waals surface area contributed by atoms with E-state index in [1.54, 1.807) is 4.52 Å². The van der Waals surface area contributed by atoms with Gasteiger partial charge in [0.05, 0.1) is 0 Å². The van der Waals surface area contributed by atoms with Crippen LogP contribution in [0.3, 0.4) is 0 Å². The second-order valence-corrected chi connectivity index (χ2v) is 26.8. The third-order valence-corrected chi connectivity index (χ3v) is 6.01. The predicted molar refractivity (Wildman–Crippen MR) is 84.6 cm³/mol. The van der Waals surface area contributed by atoms with Gasteiger partial charge in [0, 0.05) is 0 Å². The molecule has 14 heteroatoms. The molecule has 1 rings (SSSR count). The zero-order valence-corrected chi connectivity index (χ0v) is 20.5. The minimum Gasteiger partial charge on any atom is -0.589 e. The van der Waals surface area contributed by atoms with Gasteiger partial charge >= 0.3 is 84.8 Å². The first-order chi connectivity index (χ1) is 8.59. The quantitative estimate of drug-likeness (QED) is 0.159. The van der Waals surface area contributed by atoms with Gasteiger partial charge in [0.2, 0.25) is 0 Å². The smallest absolute Gasteiger partial charge is 0.422 e. The zero-order chi connectivity index (χ0) is 16.8. The number of hydrogen-bond acceptors (Lipinski definition) is 3. The van der Waals surface area contributed by atoms with Gasteiger partial charge in [-0.1, -0.05) is 0 Å². The van der Waals surface area contributed by atoms with Gasteiger partial charge < -0.3 is 5.50 Å². The second-order valence-electron chi connectivity index (χ2n) is 4.70. The molecule has 0 spiro atoms. The van der Waals surface area contributed by atoms with E-state index in [1.165, 1.54) is 0 Å². The molecule has 0 aliphatic carbocycles. The Balaban J connectivity index is 0. The van der Waals surface area contributed by atoms with Crippen molar-refractivity contribution in [3.05, 3.63) is 5.50 Å². The molecule has 0 aromatic heterocycles. The van der Waals surface area contributed by atoms with E-state index in [0.717, 1.165) is 0 Å². The Hall–Kier alpha value is 1.90. The summed E-state index contributed by atoms with van der Waals surface area (Å²) < 4.78 is 66.5. The van der Waals surface area contributed by atoms with Crippen molar-refractivity contribution in [2.45, 2.75) is 29.6 Å². The van der Waals surface area contributed by atoms with Crippen LogP contribution in [0.1, 0.15) is 0 Å². The SMILES string of the molecule is [CH3][Sn+]([CH3])[CH3].[CH3][Sn]([CH3])[CH3].[NH-]P1(F)=NP(F)(F)=NP(F)(F)=N1. The molecule has 0 saturated carbocycles. The van der Waals surface area contributed by atoms with Gasteiger partial charge in [0.25, 0.3) is 0 Å². The molecule has 0 amide bonds. The molecule has 0 bridgehead atoms. The van der Waals surface area contributed by atoms with Crippen LogP contribution in [-0.2, 0) is 0 Å². The van der Waals surface area contributed by atoms with Gasteiger partial charge in [0.1, 0.15) is 0 Å². The first kappa shape index (κ1) is 24.2. The second kappa shape index (κ2) is 9.91. The first-order valence-corrected chi connectivity index (χ1v) is 26.9. The van der Waals surface area contributed by atoms with Crippen LogP contribution in [0.15, 0.2) is 13.5 Å². The van der Waals surface area contributed by atoms with Crippen molar-refractivity contribution in [1.82, 2.24) is 0 Å². The Kier molecular flexibility index (Phi) is 12.0. The third-order valence-electron chi connectivity index (χ3n) is 0.668. The van der Waals surface area contributed by atoms with Gasteiger partial charge in [-0.2, -0.15) is 9.03 Å². The van der Waals surface area contributed by atoms with Crippen LogP contribution in [0.5, 0.6) is 0 Å². The molecule has 0 aromatic rings. The Morgan fingerprint density at radius 2 is 1.05 bits per heavy atom. The van der Waals surface area contributed by atoms with Crippen LogP contribution in [0.2, 0.25) is 29.6 Å². The van der Waals surface area contributed by atoms with E-state index in [-0.39, 0.29) is 0 Å². The molecule has 4 nitrogen and oxygen atoms in total. The van der Waals surface area contributed by atoms with Crippen molar-refractivity contribution in [3.63, 3.8) is 0 Å². The fourth-order valence-corrected chi connectivity index (χ4v) is 5.18. The minimum atomic E-state index is -5.64. The van der Waals surface area contributed by atoms with Gasteiger partial charge in [0.15, 0.2) is 7.67 Å². The van der Waals surface area contributed by atoms with Crippen molar-refractivity contribution in [2.75, 3.05) is 0 Å². The van der Waals surface area contributed by atoms with Crippen molar-refractivity contribution in [1.29, 1.82) is 0 Å². The number of nitrogens with zero attached hydrogens (tertiary/aromatic N) is 3. The topological polar surface area (TPSA) is 60.9 Å². The standard InChI is InChI=1S/6CH3.F5HN4P3.2Sn/c;;;;;;1-10(2)7-11(3,4)9-12(5,6)8-10;;/h6*1H3;6H;;/q;;;;;;-1;;+1. The fraction of sp³-hybridized carbons (Fsp3) is 1.00. The summed E-state index contributed by atoms with van der Waals surface area (Å²) in [5.74, 6) is 0. The minimum absolute atomic E-state index is 0.543.